The first-order chi connectivity index (χ1) is 8.35. The summed E-state index contributed by atoms with van der Waals surface area (Å²) in [6.45, 7) is 1.47. The average Bonchev–Trinajstić information content (AvgIpc) is 2.77. The standard InChI is InChI=1S/C15H29NO/c17-13-15(10-6-7-11-15)16-12-14-8-4-2-1-3-5-9-14/h14,16-17H,1-13H2. The molecule has 0 saturated heterocycles. The lowest BCUT2D eigenvalue weighted by atomic mass is 9.89. The number of hydrogen-bond acceptors (Lipinski definition) is 2. The summed E-state index contributed by atoms with van der Waals surface area (Å²) in [7, 11) is 0. The Morgan fingerprint density at radius 3 is 2.06 bits per heavy atom. The van der Waals surface area contributed by atoms with Crippen LogP contribution in [0.2, 0.25) is 0 Å². The maximum atomic E-state index is 9.58. The fourth-order valence-corrected chi connectivity index (χ4v) is 3.55. The van der Waals surface area contributed by atoms with E-state index in [1.165, 1.54) is 70.6 Å². The van der Waals surface area contributed by atoms with E-state index in [9.17, 15) is 5.11 Å². The van der Waals surface area contributed by atoms with Gasteiger partial charge in [0.25, 0.3) is 0 Å². The molecule has 0 bridgehead atoms. The van der Waals surface area contributed by atoms with Gasteiger partial charge < -0.3 is 10.4 Å². The van der Waals surface area contributed by atoms with Gasteiger partial charge in [0.1, 0.15) is 0 Å². The second kappa shape index (κ2) is 6.75. The van der Waals surface area contributed by atoms with Crippen LogP contribution in [0.1, 0.15) is 70.6 Å². The first kappa shape index (κ1) is 13.4. The van der Waals surface area contributed by atoms with Crippen molar-refractivity contribution >= 4 is 0 Å². The van der Waals surface area contributed by atoms with E-state index in [4.69, 9.17) is 0 Å². The van der Waals surface area contributed by atoms with Crippen LogP contribution in [0, 0.1) is 5.92 Å². The van der Waals surface area contributed by atoms with Crippen molar-refractivity contribution in [3.05, 3.63) is 0 Å². The van der Waals surface area contributed by atoms with Gasteiger partial charge in [-0.1, -0.05) is 44.9 Å². The second-order valence-electron chi connectivity index (χ2n) is 6.24. The van der Waals surface area contributed by atoms with Gasteiger partial charge in [-0.05, 0) is 38.1 Å². The van der Waals surface area contributed by atoms with Gasteiger partial charge in [0.05, 0.1) is 6.61 Å². The number of aliphatic hydroxyl groups is 1. The van der Waals surface area contributed by atoms with Crippen molar-refractivity contribution in [1.82, 2.24) is 5.32 Å². The average molecular weight is 239 g/mol. The molecule has 2 aliphatic rings. The molecule has 0 unspecified atom stereocenters. The predicted molar refractivity (Wildman–Crippen MR) is 72.1 cm³/mol. The van der Waals surface area contributed by atoms with Crippen molar-refractivity contribution in [3.8, 4) is 0 Å². The zero-order chi connectivity index (χ0) is 12.0. The number of nitrogens with one attached hydrogen (secondary N) is 1. The predicted octanol–water partition coefficient (Wildman–Crippen LogP) is 3.24. The molecular weight excluding hydrogens is 210 g/mol. The van der Waals surface area contributed by atoms with Gasteiger partial charge in [-0.2, -0.15) is 0 Å². The lowest BCUT2D eigenvalue weighted by Crippen LogP contribution is -2.48. The van der Waals surface area contributed by atoms with Crippen molar-refractivity contribution in [2.45, 2.75) is 76.2 Å². The summed E-state index contributed by atoms with van der Waals surface area (Å²) in [6.07, 6.45) is 14.9. The lowest BCUT2D eigenvalue weighted by Gasteiger charge is -2.31. The second-order valence-corrected chi connectivity index (χ2v) is 6.24. The molecule has 0 aromatic heterocycles. The van der Waals surface area contributed by atoms with E-state index in [1.54, 1.807) is 0 Å². The SMILES string of the molecule is OCC1(NCC2CCCCCCC2)CCCC1. The summed E-state index contributed by atoms with van der Waals surface area (Å²) in [5.74, 6) is 0.860. The summed E-state index contributed by atoms with van der Waals surface area (Å²) in [4.78, 5) is 0. The molecule has 0 atom stereocenters. The Labute approximate surface area is 106 Å². The molecule has 0 amide bonds. The molecule has 0 heterocycles. The fraction of sp³-hybridized carbons (Fsp3) is 1.00. The monoisotopic (exact) mass is 239 g/mol. The molecule has 2 N–H and O–H groups in total. The van der Waals surface area contributed by atoms with Gasteiger partial charge in [-0.3, -0.25) is 0 Å². The number of aliphatic hydroxyl groups excluding tert-OH is 1. The summed E-state index contributed by atoms with van der Waals surface area (Å²) in [6, 6.07) is 0. The molecule has 2 heteroatoms. The maximum absolute atomic E-state index is 9.58. The Morgan fingerprint density at radius 1 is 0.882 bits per heavy atom. The fourth-order valence-electron chi connectivity index (χ4n) is 3.55. The zero-order valence-electron chi connectivity index (χ0n) is 11.2. The van der Waals surface area contributed by atoms with Gasteiger partial charge in [0, 0.05) is 5.54 Å². The number of hydrogen-bond donors (Lipinski definition) is 2. The highest BCUT2D eigenvalue weighted by molar-refractivity contribution is 4.92. The van der Waals surface area contributed by atoms with Gasteiger partial charge in [0.15, 0.2) is 0 Å². The van der Waals surface area contributed by atoms with Crippen molar-refractivity contribution in [1.29, 1.82) is 0 Å². The third kappa shape index (κ3) is 3.96. The van der Waals surface area contributed by atoms with E-state index in [2.05, 4.69) is 5.32 Å². The van der Waals surface area contributed by atoms with Crippen LogP contribution >= 0.6 is 0 Å². The highest BCUT2D eigenvalue weighted by atomic mass is 16.3. The Bertz CT molecular complexity index is 203. The molecule has 0 spiro atoms. The zero-order valence-corrected chi connectivity index (χ0v) is 11.2. The largest absolute Gasteiger partial charge is 0.394 e. The topological polar surface area (TPSA) is 32.3 Å². The van der Waals surface area contributed by atoms with Crippen molar-refractivity contribution < 1.29 is 5.11 Å². The molecule has 0 radical (unpaired) electrons. The molecule has 0 aromatic carbocycles. The molecule has 17 heavy (non-hydrogen) atoms. The van der Waals surface area contributed by atoms with Crippen LogP contribution in [-0.2, 0) is 0 Å². The minimum atomic E-state index is 0.0857. The van der Waals surface area contributed by atoms with Crippen LogP contribution in [-0.4, -0.2) is 23.8 Å². The highest BCUT2D eigenvalue weighted by Crippen LogP contribution is 2.30. The molecule has 100 valence electrons. The minimum Gasteiger partial charge on any atom is -0.394 e. The summed E-state index contributed by atoms with van der Waals surface area (Å²) in [5, 5.41) is 13.3. The quantitative estimate of drug-likeness (QED) is 0.789. The van der Waals surface area contributed by atoms with E-state index < -0.39 is 0 Å². The summed E-state index contributed by atoms with van der Waals surface area (Å²) in [5.41, 5.74) is 0.0857. The van der Waals surface area contributed by atoms with E-state index in [0.717, 1.165) is 12.5 Å². The van der Waals surface area contributed by atoms with Crippen molar-refractivity contribution in [2.75, 3.05) is 13.2 Å². The van der Waals surface area contributed by atoms with Crippen LogP contribution in [0.15, 0.2) is 0 Å². The van der Waals surface area contributed by atoms with Crippen LogP contribution < -0.4 is 5.32 Å². The minimum absolute atomic E-state index is 0.0857. The Kier molecular flexibility index (Phi) is 5.30. The van der Waals surface area contributed by atoms with Crippen LogP contribution in [0.3, 0.4) is 0 Å². The molecular formula is C15H29NO. The van der Waals surface area contributed by atoms with Crippen LogP contribution in [0.25, 0.3) is 0 Å². The number of rotatable bonds is 4. The van der Waals surface area contributed by atoms with Crippen LogP contribution in [0.5, 0.6) is 0 Å². The van der Waals surface area contributed by atoms with Crippen LogP contribution in [0.4, 0.5) is 0 Å². The molecule has 2 nitrogen and oxygen atoms in total. The van der Waals surface area contributed by atoms with Crippen molar-refractivity contribution in [2.24, 2.45) is 5.92 Å². The lowest BCUT2D eigenvalue weighted by molar-refractivity contribution is 0.155. The van der Waals surface area contributed by atoms with Gasteiger partial charge in [-0.15, -0.1) is 0 Å². The van der Waals surface area contributed by atoms with E-state index in [0.29, 0.717) is 6.61 Å². The first-order valence-electron chi connectivity index (χ1n) is 7.71. The Morgan fingerprint density at radius 2 is 1.47 bits per heavy atom. The third-order valence-electron chi connectivity index (χ3n) is 4.85. The summed E-state index contributed by atoms with van der Waals surface area (Å²) >= 11 is 0. The molecule has 2 fully saturated rings. The Hall–Kier alpha value is -0.0800. The Balaban J connectivity index is 1.75. The van der Waals surface area contributed by atoms with Gasteiger partial charge in [-0.25, -0.2) is 0 Å². The van der Waals surface area contributed by atoms with E-state index in [-0.39, 0.29) is 5.54 Å². The molecule has 2 aliphatic carbocycles. The maximum Gasteiger partial charge on any atom is 0.0613 e. The first-order valence-corrected chi connectivity index (χ1v) is 7.71. The smallest absolute Gasteiger partial charge is 0.0613 e. The van der Waals surface area contributed by atoms with Gasteiger partial charge >= 0.3 is 0 Å². The highest BCUT2D eigenvalue weighted by Gasteiger charge is 2.32. The molecule has 0 aliphatic heterocycles. The third-order valence-corrected chi connectivity index (χ3v) is 4.85. The normalized spacial score (nSPS) is 26.6. The van der Waals surface area contributed by atoms with Gasteiger partial charge in [0.2, 0.25) is 0 Å². The molecule has 0 aromatic rings. The molecule has 2 rings (SSSR count). The molecule has 2 saturated carbocycles. The summed E-state index contributed by atoms with van der Waals surface area (Å²) < 4.78 is 0. The van der Waals surface area contributed by atoms with Crippen molar-refractivity contribution in [3.63, 3.8) is 0 Å². The van der Waals surface area contributed by atoms with E-state index in [1.807, 2.05) is 0 Å². The van der Waals surface area contributed by atoms with E-state index >= 15 is 0 Å².